The van der Waals surface area contributed by atoms with Gasteiger partial charge in [0.15, 0.2) is 5.03 Å². The van der Waals surface area contributed by atoms with Gasteiger partial charge in [0.1, 0.15) is 5.82 Å². The first-order valence-electron chi connectivity index (χ1n) is 4.91. The fraction of sp³-hybridized carbons (Fsp3) is 0.300. The summed E-state index contributed by atoms with van der Waals surface area (Å²) < 4.78 is 24.5. The third-order valence-electron chi connectivity index (χ3n) is 2.33. The summed E-state index contributed by atoms with van der Waals surface area (Å²) in [6.07, 6.45) is 1.78. The second-order valence-electron chi connectivity index (χ2n) is 3.93. The zero-order valence-corrected chi connectivity index (χ0v) is 9.90. The SMILES string of the molecule is CC(C)c1nc(S(N)(=O)=O)c2ccccn12. The fourth-order valence-electron chi connectivity index (χ4n) is 1.65. The van der Waals surface area contributed by atoms with E-state index in [4.69, 9.17) is 5.14 Å². The molecule has 0 spiro atoms. The minimum atomic E-state index is -3.77. The molecule has 86 valence electrons. The van der Waals surface area contributed by atoms with Crippen LogP contribution in [0.25, 0.3) is 5.52 Å². The van der Waals surface area contributed by atoms with Crippen LogP contribution in [-0.4, -0.2) is 17.8 Å². The van der Waals surface area contributed by atoms with Gasteiger partial charge in [-0.15, -0.1) is 0 Å². The zero-order chi connectivity index (χ0) is 11.9. The van der Waals surface area contributed by atoms with Crippen LogP contribution in [0.5, 0.6) is 0 Å². The molecule has 0 saturated heterocycles. The Balaban J connectivity index is 2.88. The van der Waals surface area contributed by atoms with E-state index in [0.717, 1.165) is 0 Å². The number of nitrogens with zero attached hydrogens (tertiary/aromatic N) is 2. The van der Waals surface area contributed by atoms with Crippen molar-refractivity contribution in [2.24, 2.45) is 5.14 Å². The summed E-state index contributed by atoms with van der Waals surface area (Å²) in [6.45, 7) is 3.91. The number of fused-ring (bicyclic) bond motifs is 1. The van der Waals surface area contributed by atoms with Crippen LogP contribution >= 0.6 is 0 Å². The molecule has 2 rings (SSSR count). The Morgan fingerprint density at radius 3 is 2.62 bits per heavy atom. The van der Waals surface area contributed by atoms with Gasteiger partial charge in [0, 0.05) is 12.1 Å². The second kappa shape index (κ2) is 3.57. The van der Waals surface area contributed by atoms with Crippen molar-refractivity contribution in [3.63, 3.8) is 0 Å². The van der Waals surface area contributed by atoms with E-state index in [1.807, 2.05) is 19.9 Å². The lowest BCUT2D eigenvalue weighted by atomic mass is 10.2. The normalized spacial score (nSPS) is 12.5. The molecule has 0 saturated carbocycles. The molecule has 0 aliphatic rings. The highest BCUT2D eigenvalue weighted by molar-refractivity contribution is 7.89. The standard InChI is InChI=1S/C10H13N3O2S/c1-7(2)9-12-10(16(11,14)15)8-5-3-4-6-13(8)9/h3-7H,1-2H3,(H2,11,14,15). The first-order valence-corrected chi connectivity index (χ1v) is 6.45. The molecular weight excluding hydrogens is 226 g/mol. The van der Waals surface area contributed by atoms with E-state index in [1.165, 1.54) is 0 Å². The summed E-state index contributed by atoms with van der Waals surface area (Å²) in [5.74, 6) is 0.824. The highest BCUT2D eigenvalue weighted by Crippen LogP contribution is 2.21. The largest absolute Gasteiger partial charge is 0.302 e. The number of pyridine rings is 1. The number of imidazole rings is 1. The molecular formula is C10H13N3O2S. The van der Waals surface area contributed by atoms with Crippen LogP contribution in [0.4, 0.5) is 0 Å². The molecule has 0 unspecified atom stereocenters. The Bertz CT molecular complexity index is 629. The van der Waals surface area contributed by atoms with Crippen LogP contribution in [0.1, 0.15) is 25.6 Å². The minimum absolute atomic E-state index is 0.0585. The van der Waals surface area contributed by atoms with Crippen molar-refractivity contribution in [2.75, 3.05) is 0 Å². The minimum Gasteiger partial charge on any atom is -0.302 e. The van der Waals surface area contributed by atoms with Gasteiger partial charge in [-0.25, -0.2) is 18.5 Å². The number of primary sulfonamides is 1. The summed E-state index contributed by atoms with van der Waals surface area (Å²) in [4.78, 5) is 4.11. The van der Waals surface area contributed by atoms with Crippen molar-refractivity contribution in [1.82, 2.24) is 9.38 Å². The molecule has 0 bridgehead atoms. The molecule has 2 aromatic rings. The van der Waals surface area contributed by atoms with Gasteiger partial charge in [0.05, 0.1) is 5.52 Å². The molecule has 0 aliphatic carbocycles. The molecule has 5 nitrogen and oxygen atoms in total. The third-order valence-corrected chi connectivity index (χ3v) is 3.17. The Labute approximate surface area is 94.0 Å². The summed E-state index contributed by atoms with van der Waals surface area (Å²) >= 11 is 0. The smallest absolute Gasteiger partial charge is 0.257 e. The number of rotatable bonds is 2. The van der Waals surface area contributed by atoms with Crippen LogP contribution in [-0.2, 0) is 10.0 Å². The lowest BCUT2D eigenvalue weighted by molar-refractivity contribution is 0.595. The van der Waals surface area contributed by atoms with Gasteiger partial charge in [-0.05, 0) is 12.1 Å². The predicted octanol–water partition coefficient (Wildman–Crippen LogP) is 1.11. The molecule has 2 aromatic heterocycles. The maximum atomic E-state index is 11.4. The average Bonchev–Trinajstić information content (AvgIpc) is 2.56. The number of nitrogens with two attached hydrogens (primary N) is 1. The van der Waals surface area contributed by atoms with Gasteiger partial charge < -0.3 is 4.40 Å². The lowest BCUT2D eigenvalue weighted by Crippen LogP contribution is -2.13. The summed E-state index contributed by atoms with van der Waals surface area (Å²) in [5.41, 5.74) is 0.522. The Kier molecular flexibility index (Phi) is 2.47. The number of sulfonamides is 1. The molecule has 0 radical (unpaired) electrons. The van der Waals surface area contributed by atoms with Crippen LogP contribution in [0.3, 0.4) is 0 Å². The van der Waals surface area contributed by atoms with Gasteiger partial charge >= 0.3 is 0 Å². The van der Waals surface area contributed by atoms with Gasteiger partial charge in [-0.1, -0.05) is 19.9 Å². The summed E-state index contributed by atoms with van der Waals surface area (Å²) in [6, 6.07) is 5.28. The first kappa shape index (κ1) is 11.1. The van der Waals surface area contributed by atoms with Gasteiger partial charge in [-0.3, -0.25) is 0 Å². The van der Waals surface area contributed by atoms with Crippen LogP contribution in [0.15, 0.2) is 29.4 Å². The van der Waals surface area contributed by atoms with E-state index in [2.05, 4.69) is 4.98 Å². The van der Waals surface area contributed by atoms with E-state index in [1.54, 1.807) is 22.7 Å². The average molecular weight is 239 g/mol. The quantitative estimate of drug-likeness (QED) is 0.852. The monoisotopic (exact) mass is 239 g/mol. The number of hydrogen-bond acceptors (Lipinski definition) is 3. The Hall–Kier alpha value is -1.40. The highest BCUT2D eigenvalue weighted by atomic mass is 32.2. The topological polar surface area (TPSA) is 77.5 Å². The van der Waals surface area contributed by atoms with E-state index >= 15 is 0 Å². The van der Waals surface area contributed by atoms with Crippen molar-refractivity contribution in [1.29, 1.82) is 0 Å². The molecule has 6 heteroatoms. The van der Waals surface area contributed by atoms with E-state index in [0.29, 0.717) is 11.3 Å². The third kappa shape index (κ3) is 1.70. The summed E-state index contributed by atoms with van der Waals surface area (Å²) in [7, 11) is -3.77. The van der Waals surface area contributed by atoms with Crippen molar-refractivity contribution in [2.45, 2.75) is 24.8 Å². The van der Waals surface area contributed by atoms with E-state index in [-0.39, 0.29) is 10.9 Å². The molecule has 0 amide bonds. The van der Waals surface area contributed by atoms with E-state index < -0.39 is 10.0 Å². The number of aromatic nitrogens is 2. The van der Waals surface area contributed by atoms with Gasteiger partial charge in [0.25, 0.3) is 10.0 Å². The molecule has 0 aliphatic heterocycles. The van der Waals surface area contributed by atoms with Crippen molar-refractivity contribution in [3.8, 4) is 0 Å². The molecule has 2 heterocycles. The van der Waals surface area contributed by atoms with E-state index in [9.17, 15) is 8.42 Å². The van der Waals surface area contributed by atoms with Crippen LogP contribution in [0.2, 0.25) is 0 Å². The highest BCUT2D eigenvalue weighted by Gasteiger charge is 2.20. The lowest BCUT2D eigenvalue weighted by Gasteiger charge is -2.02. The molecule has 0 atom stereocenters. The molecule has 16 heavy (non-hydrogen) atoms. The Morgan fingerprint density at radius 2 is 2.06 bits per heavy atom. The number of hydrogen-bond donors (Lipinski definition) is 1. The second-order valence-corrected chi connectivity index (χ2v) is 5.41. The zero-order valence-electron chi connectivity index (χ0n) is 9.08. The van der Waals surface area contributed by atoms with Crippen molar-refractivity contribution in [3.05, 3.63) is 30.2 Å². The molecule has 2 N–H and O–H groups in total. The maximum absolute atomic E-state index is 11.4. The van der Waals surface area contributed by atoms with Crippen LogP contribution in [0, 0.1) is 0 Å². The first-order chi connectivity index (χ1) is 7.41. The predicted molar refractivity (Wildman–Crippen MR) is 60.7 cm³/mol. The van der Waals surface area contributed by atoms with Gasteiger partial charge in [-0.2, -0.15) is 0 Å². The molecule has 0 aromatic carbocycles. The van der Waals surface area contributed by atoms with Gasteiger partial charge in [0.2, 0.25) is 0 Å². The summed E-state index contributed by atoms with van der Waals surface area (Å²) in [5, 5.41) is 5.07. The molecule has 0 fully saturated rings. The Morgan fingerprint density at radius 1 is 1.38 bits per heavy atom. The van der Waals surface area contributed by atoms with Crippen molar-refractivity contribution >= 4 is 15.5 Å². The fourth-order valence-corrected chi connectivity index (χ4v) is 2.33. The van der Waals surface area contributed by atoms with Crippen LogP contribution < -0.4 is 5.14 Å². The maximum Gasteiger partial charge on any atom is 0.257 e. The van der Waals surface area contributed by atoms with Crippen molar-refractivity contribution < 1.29 is 8.42 Å².